The predicted octanol–water partition coefficient (Wildman–Crippen LogP) is 0.448. The Balaban J connectivity index is 0.000000293. The highest BCUT2D eigenvalue weighted by Crippen LogP contribution is 2.03. The number of aromatic nitrogens is 3. The van der Waals surface area contributed by atoms with Gasteiger partial charge in [0.1, 0.15) is 5.82 Å². The summed E-state index contributed by atoms with van der Waals surface area (Å²) in [6, 6.07) is 5.95. The first-order chi connectivity index (χ1) is 6.69. The molecule has 0 fully saturated rings. The van der Waals surface area contributed by atoms with Gasteiger partial charge in [0, 0.05) is 5.69 Å². The molecule has 2 aromatic rings. The largest absolute Gasteiger partial charge is 0.372 e. The van der Waals surface area contributed by atoms with E-state index in [1.807, 2.05) is 36.6 Å². The number of carbonyl (C=O) groups excluding carboxylic acids is 1. The van der Waals surface area contributed by atoms with E-state index in [0.717, 1.165) is 17.2 Å². The van der Waals surface area contributed by atoms with Crippen LogP contribution in [0.15, 0.2) is 18.2 Å². The van der Waals surface area contributed by atoms with Gasteiger partial charge in [-0.1, -0.05) is 6.07 Å². The quantitative estimate of drug-likeness (QED) is 0.616. The summed E-state index contributed by atoms with van der Waals surface area (Å²) in [6.07, 6.45) is 0.250. The van der Waals surface area contributed by atoms with Crippen LogP contribution in [-0.2, 0) is 4.79 Å². The maximum Gasteiger partial charge on any atom is 0.204 e. The van der Waals surface area contributed by atoms with E-state index in [0.29, 0.717) is 0 Å². The molecule has 0 unspecified atom stereocenters. The number of hydrogen-bond donors (Lipinski definition) is 1. The molecule has 0 aliphatic carbocycles. The molecular formula is C9H12N4O. The second kappa shape index (κ2) is 4.36. The van der Waals surface area contributed by atoms with Gasteiger partial charge in [-0.3, -0.25) is 4.79 Å². The van der Waals surface area contributed by atoms with E-state index < -0.39 is 0 Å². The molecule has 2 aromatic heterocycles. The van der Waals surface area contributed by atoms with Crippen LogP contribution in [-0.4, -0.2) is 21.0 Å². The lowest BCUT2D eigenvalue weighted by molar-refractivity contribution is -0.106. The lowest BCUT2D eigenvalue weighted by Crippen LogP contribution is -1.91. The molecule has 5 heteroatoms. The number of nitrogens with two attached hydrogens (primary N) is 1. The lowest BCUT2D eigenvalue weighted by Gasteiger charge is -1.93. The van der Waals surface area contributed by atoms with E-state index in [1.54, 1.807) is 0 Å². The third-order valence-electron chi connectivity index (χ3n) is 1.65. The molecule has 0 saturated carbocycles. The summed E-state index contributed by atoms with van der Waals surface area (Å²) in [7, 11) is 0. The Morgan fingerprint density at radius 3 is 2.64 bits per heavy atom. The molecule has 14 heavy (non-hydrogen) atoms. The van der Waals surface area contributed by atoms with E-state index in [4.69, 9.17) is 4.79 Å². The monoisotopic (exact) mass is 192 g/mol. The van der Waals surface area contributed by atoms with Gasteiger partial charge in [0.2, 0.25) is 6.41 Å². The van der Waals surface area contributed by atoms with Gasteiger partial charge >= 0.3 is 0 Å². The second-order valence-corrected chi connectivity index (χ2v) is 2.73. The van der Waals surface area contributed by atoms with Crippen LogP contribution in [0, 0.1) is 13.8 Å². The summed E-state index contributed by atoms with van der Waals surface area (Å²) < 4.78 is 1.84. The summed E-state index contributed by atoms with van der Waals surface area (Å²) in [5.74, 6) is 0.819. The van der Waals surface area contributed by atoms with Crippen LogP contribution in [0.5, 0.6) is 0 Å². The van der Waals surface area contributed by atoms with E-state index in [1.165, 1.54) is 0 Å². The molecule has 2 rings (SSSR count). The summed E-state index contributed by atoms with van der Waals surface area (Å²) >= 11 is 0. The van der Waals surface area contributed by atoms with Crippen molar-refractivity contribution in [2.75, 3.05) is 0 Å². The second-order valence-electron chi connectivity index (χ2n) is 2.73. The van der Waals surface area contributed by atoms with E-state index >= 15 is 0 Å². The molecule has 74 valence electrons. The number of carbonyl (C=O) groups is 1. The van der Waals surface area contributed by atoms with Crippen LogP contribution >= 0.6 is 0 Å². The molecule has 1 amide bonds. The highest BCUT2D eigenvalue weighted by Gasteiger charge is 1.98. The van der Waals surface area contributed by atoms with Crippen LogP contribution in [0.1, 0.15) is 11.5 Å². The van der Waals surface area contributed by atoms with Crippen molar-refractivity contribution in [3.05, 3.63) is 29.7 Å². The van der Waals surface area contributed by atoms with E-state index in [-0.39, 0.29) is 6.41 Å². The van der Waals surface area contributed by atoms with Gasteiger partial charge in [0.25, 0.3) is 0 Å². The highest BCUT2D eigenvalue weighted by molar-refractivity contribution is 5.42. The lowest BCUT2D eigenvalue weighted by atomic mass is 10.4. The minimum Gasteiger partial charge on any atom is -0.372 e. The van der Waals surface area contributed by atoms with Crippen molar-refractivity contribution in [2.24, 2.45) is 5.73 Å². The number of pyridine rings is 1. The molecule has 0 aromatic carbocycles. The van der Waals surface area contributed by atoms with Crippen molar-refractivity contribution >= 4 is 12.1 Å². The van der Waals surface area contributed by atoms with E-state index in [2.05, 4.69) is 15.8 Å². The van der Waals surface area contributed by atoms with Crippen molar-refractivity contribution < 1.29 is 4.79 Å². The topological polar surface area (TPSA) is 73.3 Å². The Kier molecular flexibility index (Phi) is 3.17. The third kappa shape index (κ3) is 2.07. The number of primary amides is 1. The summed E-state index contributed by atoms with van der Waals surface area (Å²) in [5.41, 5.74) is 6.20. The Hall–Kier alpha value is -1.91. The molecule has 0 saturated heterocycles. The molecule has 2 heterocycles. The SMILES string of the molecule is Cc1nc2cccc(C)n2n1.NC=O. The van der Waals surface area contributed by atoms with Gasteiger partial charge in [-0.25, -0.2) is 9.50 Å². The zero-order valence-corrected chi connectivity index (χ0v) is 8.14. The normalized spacial score (nSPS) is 9.29. The molecule has 2 N–H and O–H groups in total. The van der Waals surface area contributed by atoms with Crippen LogP contribution < -0.4 is 5.73 Å². The maximum atomic E-state index is 8.58. The van der Waals surface area contributed by atoms with Crippen molar-refractivity contribution in [1.82, 2.24) is 14.6 Å². The van der Waals surface area contributed by atoms with Gasteiger partial charge in [0.05, 0.1) is 0 Å². The molecule has 0 atom stereocenters. The molecule has 0 radical (unpaired) electrons. The first-order valence-corrected chi connectivity index (χ1v) is 4.13. The minimum atomic E-state index is 0.250. The number of rotatable bonds is 0. The van der Waals surface area contributed by atoms with Crippen molar-refractivity contribution in [3.63, 3.8) is 0 Å². The number of amides is 1. The zero-order chi connectivity index (χ0) is 10.6. The molecule has 0 aliphatic heterocycles. The number of fused-ring (bicyclic) bond motifs is 1. The van der Waals surface area contributed by atoms with Crippen molar-refractivity contribution in [2.45, 2.75) is 13.8 Å². The van der Waals surface area contributed by atoms with Gasteiger partial charge in [-0.2, -0.15) is 5.10 Å². The summed E-state index contributed by atoms with van der Waals surface area (Å²) in [5, 5.41) is 4.22. The van der Waals surface area contributed by atoms with Gasteiger partial charge in [0.15, 0.2) is 5.65 Å². The average molecular weight is 192 g/mol. The third-order valence-corrected chi connectivity index (χ3v) is 1.65. The fraction of sp³-hybridized carbons (Fsp3) is 0.222. The van der Waals surface area contributed by atoms with Crippen molar-refractivity contribution in [1.29, 1.82) is 0 Å². The Labute approximate surface area is 81.6 Å². The predicted molar refractivity (Wildman–Crippen MR) is 52.7 cm³/mol. The van der Waals surface area contributed by atoms with Crippen LogP contribution in [0.25, 0.3) is 5.65 Å². The van der Waals surface area contributed by atoms with Crippen LogP contribution in [0.2, 0.25) is 0 Å². The molecule has 0 bridgehead atoms. The first-order valence-electron chi connectivity index (χ1n) is 4.13. The highest BCUT2D eigenvalue weighted by atomic mass is 16.1. The molecular weight excluding hydrogens is 180 g/mol. The summed E-state index contributed by atoms with van der Waals surface area (Å²) in [4.78, 5) is 12.8. The number of aryl methyl sites for hydroxylation is 2. The number of hydrogen-bond acceptors (Lipinski definition) is 3. The van der Waals surface area contributed by atoms with E-state index in [9.17, 15) is 0 Å². The number of nitrogens with zero attached hydrogens (tertiary/aromatic N) is 3. The molecule has 0 aliphatic rings. The first kappa shape index (κ1) is 10.2. The van der Waals surface area contributed by atoms with Crippen LogP contribution in [0.4, 0.5) is 0 Å². The van der Waals surface area contributed by atoms with Gasteiger partial charge in [-0.05, 0) is 26.0 Å². The zero-order valence-electron chi connectivity index (χ0n) is 8.14. The maximum absolute atomic E-state index is 8.58. The van der Waals surface area contributed by atoms with Gasteiger partial charge < -0.3 is 5.73 Å². The molecule has 5 nitrogen and oxygen atoms in total. The Morgan fingerprint density at radius 1 is 1.43 bits per heavy atom. The fourth-order valence-corrected chi connectivity index (χ4v) is 1.14. The molecule has 0 spiro atoms. The van der Waals surface area contributed by atoms with Crippen LogP contribution in [0.3, 0.4) is 0 Å². The Morgan fingerprint density at radius 2 is 2.07 bits per heavy atom. The van der Waals surface area contributed by atoms with Gasteiger partial charge in [-0.15, -0.1) is 0 Å². The summed E-state index contributed by atoms with van der Waals surface area (Å²) in [6.45, 7) is 3.91. The van der Waals surface area contributed by atoms with Crippen molar-refractivity contribution in [3.8, 4) is 0 Å². The minimum absolute atomic E-state index is 0.250. The smallest absolute Gasteiger partial charge is 0.204 e. The Bertz CT molecular complexity index is 435. The fourth-order valence-electron chi connectivity index (χ4n) is 1.14. The average Bonchev–Trinajstić information content (AvgIpc) is 2.48. The standard InChI is InChI=1S/C8H9N3.CH3NO/c1-6-4-3-5-8-9-7(2)10-11(6)8;2-1-3/h3-5H,1-2H3;1H,(H2,2,3).